The van der Waals surface area contributed by atoms with E-state index in [0.717, 1.165) is 6.07 Å². The van der Waals surface area contributed by atoms with Crippen LogP contribution in [-0.2, 0) is 6.18 Å². The minimum atomic E-state index is -4.39. The number of rotatable bonds is 1. The Morgan fingerprint density at radius 3 is 2.53 bits per heavy atom. The van der Waals surface area contributed by atoms with Crippen molar-refractivity contribution >= 4 is 15.9 Å². The third-order valence-electron chi connectivity index (χ3n) is 2.25. The van der Waals surface area contributed by atoms with Crippen LogP contribution >= 0.6 is 15.9 Å². The van der Waals surface area contributed by atoms with Gasteiger partial charge in [0.15, 0.2) is 0 Å². The summed E-state index contributed by atoms with van der Waals surface area (Å²) in [5.41, 5.74) is 0.0478. The number of nitrogens with zero attached hydrogens (tertiary/aromatic N) is 2. The zero-order valence-corrected chi connectivity index (χ0v) is 10.4. The Morgan fingerprint density at radius 2 is 2.00 bits per heavy atom. The van der Waals surface area contributed by atoms with Gasteiger partial charge < -0.3 is 4.57 Å². The van der Waals surface area contributed by atoms with Gasteiger partial charge in [-0.1, -0.05) is 15.9 Å². The largest absolute Gasteiger partial charge is 0.418 e. The first-order valence-corrected chi connectivity index (χ1v) is 5.55. The molecule has 0 amide bonds. The number of alkyl halides is 3. The van der Waals surface area contributed by atoms with Crippen LogP contribution in [0.15, 0.2) is 35.2 Å². The number of hydrogen-bond acceptors (Lipinski definition) is 1. The van der Waals surface area contributed by atoms with E-state index < -0.39 is 11.7 Å². The van der Waals surface area contributed by atoms with Gasteiger partial charge in [-0.05, 0) is 25.1 Å². The Kier molecular flexibility index (Phi) is 2.99. The molecule has 2 aromatic rings. The first-order valence-electron chi connectivity index (χ1n) is 4.75. The molecule has 2 nitrogen and oxygen atoms in total. The number of imidazole rings is 1. The van der Waals surface area contributed by atoms with E-state index >= 15 is 0 Å². The second-order valence-electron chi connectivity index (χ2n) is 3.58. The second kappa shape index (κ2) is 4.18. The van der Waals surface area contributed by atoms with Gasteiger partial charge in [-0.3, -0.25) is 0 Å². The van der Waals surface area contributed by atoms with Crippen LogP contribution in [0.2, 0.25) is 0 Å². The number of benzene rings is 1. The maximum Gasteiger partial charge on any atom is 0.418 e. The summed E-state index contributed by atoms with van der Waals surface area (Å²) < 4.78 is 40.4. The highest BCUT2D eigenvalue weighted by Crippen LogP contribution is 2.35. The summed E-state index contributed by atoms with van der Waals surface area (Å²) in [6, 6.07) is 4.04. The molecule has 1 aromatic carbocycles. The SMILES string of the molecule is Cc1cn(-c2ccc(Br)cc2C(F)(F)F)cn1. The average molecular weight is 305 g/mol. The quantitative estimate of drug-likeness (QED) is 0.780. The second-order valence-corrected chi connectivity index (χ2v) is 4.50. The van der Waals surface area contributed by atoms with Gasteiger partial charge in [0.05, 0.1) is 23.3 Å². The Balaban J connectivity index is 2.61. The standard InChI is InChI=1S/C11H8BrF3N2/c1-7-5-17(6-16-7)10-3-2-8(12)4-9(10)11(13,14)15/h2-6H,1H3. The van der Waals surface area contributed by atoms with E-state index in [1.165, 1.54) is 17.0 Å². The molecule has 2 rings (SSSR count). The normalized spacial score (nSPS) is 11.8. The van der Waals surface area contributed by atoms with Crippen molar-refractivity contribution in [2.24, 2.45) is 0 Å². The third kappa shape index (κ3) is 2.52. The van der Waals surface area contributed by atoms with Crippen LogP contribution in [0.5, 0.6) is 0 Å². The van der Waals surface area contributed by atoms with Crippen LogP contribution in [0.1, 0.15) is 11.3 Å². The Labute approximate surface area is 104 Å². The van der Waals surface area contributed by atoms with Crippen LogP contribution in [0, 0.1) is 6.92 Å². The molecule has 0 fully saturated rings. The molecule has 17 heavy (non-hydrogen) atoms. The predicted octanol–water partition coefficient (Wildman–Crippen LogP) is 3.96. The van der Waals surface area contributed by atoms with E-state index in [2.05, 4.69) is 20.9 Å². The molecule has 1 heterocycles. The fourth-order valence-electron chi connectivity index (χ4n) is 1.51. The minimum Gasteiger partial charge on any atom is -0.305 e. The number of hydrogen-bond donors (Lipinski definition) is 0. The zero-order chi connectivity index (χ0) is 12.6. The summed E-state index contributed by atoms with van der Waals surface area (Å²) in [6.07, 6.45) is -1.47. The van der Waals surface area contributed by atoms with Crippen molar-refractivity contribution in [3.05, 3.63) is 46.5 Å². The molecular formula is C11H8BrF3N2. The maximum atomic E-state index is 12.9. The highest BCUT2D eigenvalue weighted by Gasteiger charge is 2.34. The zero-order valence-electron chi connectivity index (χ0n) is 8.79. The maximum absolute atomic E-state index is 12.9. The molecule has 0 N–H and O–H groups in total. The molecule has 0 unspecified atom stereocenters. The van der Waals surface area contributed by atoms with Gasteiger partial charge in [0, 0.05) is 10.7 Å². The van der Waals surface area contributed by atoms with Gasteiger partial charge in [-0.25, -0.2) is 4.98 Å². The van der Waals surface area contributed by atoms with Crippen molar-refractivity contribution in [1.82, 2.24) is 9.55 Å². The molecule has 0 aliphatic rings. The van der Waals surface area contributed by atoms with Crippen molar-refractivity contribution in [2.45, 2.75) is 13.1 Å². The number of aromatic nitrogens is 2. The topological polar surface area (TPSA) is 17.8 Å². The molecule has 0 aliphatic heterocycles. The molecule has 90 valence electrons. The van der Waals surface area contributed by atoms with Crippen LogP contribution in [-0.4, -0.2) is 9.55 Å². The molecule has 1 aromatic heterocycles. The fourth-order valence-corrected chi connectivity index (χ4v) is 1.87. The van der Waals surface area contributed by atoms with E-state index in [9.17, 15) is 13.2 Å². The lowest BCUT2D eigenvalue weighted by Crippen LogP contribution is -2.10. The van der Waals surface area contributed by atoms with Gasteiger partial charge in [0.25, 0.3) is 0 Å². The summed E-state index contributed by atoms with van der Waals surface area (Å²) >= 11 is 3.04. The van der Waals surface area contributed by atoms with Crippen molar-refractivity contribution in [3.8, 4) is 5.69 Å². The molecule has 0 saturated carbocycles. The van der Waals surface area contributed by atoms with E-state index in [4.69, 9.17) is 0 Å². The molecule has 0 bridgehead atoms. The van der Waals surface area contributed by atoms with Crippen molar-refractivity contribution in [2.75, 3.05) is 0 Å². The summed E-state index contributed by atoms with van der Waals surface area (Å²) in [5.74, 6) is 0. The van der Waals surface area contributed by atoms with Crippen LogP contribution in [0.4, 0.5) is 13.2 Å². The van der Waals surface area contributed by atoms with Gasteiger partial charge in [-0.15, -0.1) is 0 Å². The van der Waals surface area contributed by atoms with E-state index in [-0.39, 0.29) is 5.69 Å². The monoisotopic (exact) mass is 304 g/mol. The Bertz CT molecular complexity index is 546. The lowest BCUT2D eigenvalue weighted by molar-refractivity contribution is -0.137. The van der Waals surface area contributed by atoms with Gasteiger partial charge in [0.1, 0.15) is 0 Å². The molecule has 6 heteroatoms. The van der Waals surface area contributed by atoms with Crippen LogP contribution < -0.4 is 0 Å². The smallest absolute Gasteiger partial charge is 0.305 e. The Morgan fingerprint density at radius 1 is 1.29 bits per heavy atom. The summed E-state index contributed by atoms with van der Waals surface area (Å²) in [7, 11) is 0. The Hall–Kier alpha value is -1.30. The predicted molar refractivity (Wildman–Crippen MR) is 61.0 cm³/mol. The number of aryl methyl sites for hydroxylation is 1. The van der Waals surface area contributed by atoms with Crippen LogP contribution in [0.3, 0.4) is 0 Å². The number of halogens is 4. The molecule has 0 spiro atoms. The van der Waals surface area contributed by atoms with Crippen molar-refractivity contribution in [1.29, 1.82) is 0 Å². The summed E-state index contributed by atoms with van der Waals surface area (Å²) in [6.45, 7) is 1.72. The first kappa shape index (κ1) is 12.2. The van der Waals surface area contributed by atoms with E-state index in [0.29, 0.717) is 10.2 Å². The van der Waals surface area contributed by atoms with Crippen molar-refractivity contribution in [3.63, 3.8) is 0 Å². The van der Waals surface area contributed by atoms with Gasteiger partial charge in [0.2, 0.25) is 0 Å². The minimum absolute atomic E-state index is 0.0706. The summed E-state index contributed by atoms with van der Waals surface area (Å²) in [4.78, 5) is 3.92. The summed E-state index contributed by atoms with van der Waals surface area (Å²) in [5, 5.41) is 0. The molecule has 0 atom stereocenters. The highest BCUT2D eigenvalue weighted by atomic mass is 79.9. The fraction of sp³-hybridized carbons (Fsp3) is 0.182. The average Bonchev–Trinajstić information content (AvgIpc) is 2.63. The van der Waals surface area contributed by atoms with E-state index in [1.54, 1.807) is 19.2 Å². The van der Waals surface area contributed by atoms with Gasteiger partial charge in [-0.2, -0.15) is 13.2 Å². The lowest BCUT2D eigenvalue weighted by Gasteiger charge is -2.13. The first-order chi connectivity index (χ1) is 7.88. The lowest BCUT2D eigenvalue weighted by atomic mass is 10.1. The van der Waals surface area contributed by atoms with Crippen LogP contribution in [0.25, 0.3) is 5.69 Å². The third-order valence-corrected chi connectivity index (χ3v) is 2.75. The molecule has 0 aliphatic carbocycles. The molecule has 0 saturated heterocycles. The highest BCUT2D eigenvalue weighted by molar-refractivity contribution is 9.10. The van der Waals surface area contributed by atoms with Gasteiger partial charge >= 0.3 is 6.18 Å². The van der Waals surface area contributed by atoms with E-state index in [1.807, 2.05) is 0 Å². The molecule has 0 radical (unpaired) electrons. The van der Waals surface area contributed by atoms with Crippen molar-refractivity contribution < 1.29 is 13.2 Å². The molecular weight excluding hydrogens is 297 g/mol.